The van der Waals surface area contributed by atoms with Crippen LogP contribution in [0.1, 0.15) is 12.5 Å². The van der Waals surface area contributed by atoms with Gasteiger partial charge in [0, 0.05) is 12.4 Å². The summed E-state index contributed by atoms with van der Waals surface area (Å²) in [6.45, 7) is 1.69. The van der Waals surface area contributed by atoms with E-state index in [1.807, 2.05) is 12.1 Å². The third-order valence-corrected chi connectivity index (χ3v) is 1.69. The van der Waals surface area contributed by atoms with Crippen LogP contribution in [-0.4, -0.2) is 16.1 Å². The number of nitrogens with zero attached hydrogens (tertiary/aromatic N) is 1. The van der Waals surface area contributed by atoms with Crippen LogP contribution in [0.2, 0.25) is 0 Å². The Bertz CT molecular complexity index is 258. The molecule has 0 aliphatic rings. The molecule has 1 rings (SSSR count). The summed E-state index contributed by atoms with van der Waals surface area (Å²) in [5.74, 6) is -1.10. The number of carboxylic acids is 1. The quantitative estimate of drug-likeness (QED) is 0.735. The van der Waals surface area contributed by atoms with Crippen molar-refractivity contribution in [2.75, 3.05) is 0 Å². The molecule has 1 N–H and O–H groups in total. The summed E-state index contributed by atoms with van der Waals surface area (Å²) in [6, 6.07) is 3.69. The number of pyridine rings is 1. The number of aromatic nitrogens is 1. The first kappa shape index (κ1) is 8.71. The summed E-state index contributed by atoms with van der Waals surface area (Å²) in [4.78, 5) is 14.4. The van der Waals surface area contributed by atoms with E-state index in [-0.39, 0.29) is 5.92 Å². The first-order valence-electron chi connectivity index (χ1n) is 3.82. The number of carboxylic acid groups (broad SMARTS) is 1. The number of carbonyl (C=O) groups is 1. The second kappa shape index (κ2) is 3.85. The molecular formula is C9H11NO2. The normalized spacial score (nSPS) is 12.4. The summed E-state index contributed by atoms with van der Waals surface area (Å²) < 4.78 is 0. The molecule has 1 aromatic heterocycles. The molecule has 0 aliphatic carbocycles. The second-order valence-corrected chi connectivity index (χ2v) is 2.80. The van der Waals surface area contributed by atoms with Crippen molar-refractivity contribution in [1.82, 2.24) is 4.98 Å². The van der Waals surface area contributed by atoms with E-state index in [0.29, 0.717) is 6.42 Å². The Morgan fingerprint density at radius 1 is 1.75 bits per heavy atom. The van der Waals surface area contributed by atoms with Crippen molar-refractivity contribution in [3.63, 3.8) is 0 Å². The van der Waals surface area contributed by atoms with Gasteiger partial charge in [0.05, 0.1) is 5.92 Å². The van der Waals surface area contributed by atoms with Gasteiger partial charge >= 0.3 is 5.97 Å². The van der Waals surface area contributed by atoms with Crippen molar-refractivity contribution < 1.29 is 9.90 Å². The average molecular weight is 165 g/mol. The van der Waals surface area contributed by atoms with E-state index in [1.165, 1.54) is 0 Å². The largest absolute Gasteiger partial charge is 0.481 e. The molecule has 0 aliphatic heterocycles. The third kappa shape index (κ3) is 2.34. The summed E-state index contributed by atoms with van der Waals surface area (Å²) in [6.07, 6.45) is 3.91. The summed E-state index contributed by atoms with van der Waals surface area (Å²) in [5, 5.41) is 8.62. The maximum Gasteiger partial charge on any atom is 0.306 e. The Morgan fingerprint density at radius 3 is 3.00 bits per heavy atom. The van der Waals surface area contributed by atoms with Gasteiger partial charge in [-0.15, -0.1) is 0 Å². The lowest BCUT2D eigenvalue weighted by Gasteiger charge is -2.04. The molecule has 0 amide bonds. The lowest BCUT2D eigenvalue weighted by Crippen LogP contribution is -2.12. The molecule has 0 saturated heterocycles. The second-order valence-electron chi connectivity index (χ2n) is 2.80. The van der Waals surface area contributed by atoms with Crippen molar-refractivity contribution >= 4 is 5.97 Å². The van der Waals surface area contributed by atoms with Crippen LogP contribution < -0.4 is 0 Å². The van der Waals surface area contributed by atoms with Gasteiger partial charge in [-0.3, -0.25) is 9.78 Å². The Hall–Kier alpha value is -1.38. The van der Waals surface area contributed by atoms with Gasteiger partial charge < -0.3 is 5.11 Å². The molecule has 1 heterocycles. The molecule has 12 heavy (non-hydrogen) atoms. The van der Waals surface area contributed by atoms with E-state index in [1.54, 1.807) is 19.3 Å². The number of hydrogen-bond acceptors (Lipinski definition) is 2. The number of aliphatic carboxylic acids is 1. The molecule has 0 spiro atoms. The molecule has 64 valence electrons. The molecule has 0 saturated carbocycles. The molecule has 1 atom stereocenters. The first-order chi connectivity index (χ1) is 5.70. The fourth-order valence-electron chi connectivity index (χ4n) is 0.960. The van der Waals surface area contributed by atoms with Gasteiger partial charge in [0.25, 0.3) is 0 Å². The molecular weight excluding hydrogens is 154 g/mol. The van der Waals surface area contributed by atoms with Gasteiger partial charge in [0.15, 0.2) is 0 Å². The predicted molar refractivity (Wildman–Crippen MR) is 44.7 cm³/mol. The Balaban J connectivity index is 2.58. The van der Waals surface area contributed by atoms with Crippen molar-refractivity contribution in [3.8, 4) is 0 Å². The van der Waals surface area contributed by atoms with E-state index < -0.39 is 5.97 Å². The standard InChI is InChI=1S/C9H11NO2/c1-7(9(11)12)5-8-3-2-4-10-6-8/h2-4,6-7H,5H2,1H3,(H,11,12)/t7-/m1/s1. The highest BCUT2D eigenvalue weighted by atomic mass is 16.4. The van der Waals surface area contributed by atoms with E-state index in [0.717, 1.165) is 5.56 Å². The van der Waals surface area contributed by atoms with Gasteiger partial charge in [-0.25, -0.2) is 0 Å². The Kier molecular flexibility index (Phi) is 2.80. The molecule has 1 aromatic rings. The van der Waals surface area contributed by atoms with E-state index in [2.05, 4.69) is 4.98 Å². The predicted octanol–water partition coefficient (Wildman–Crippen LogP) is 1.34. The van der Waals surface area contributed by atoms with Crippen LogP contribution in [0.4, 0.5) is 0 Å². The summed E-state index contributed by atoms with van der Waals surface area (Å²) >= 11 is 0. The molecule has 3 nitrogen and oxygen atoms in total. The SMILES string of the molecule is C[C@H](Cc1cccnc1)C(=O)O. The highest BCUT2D eigenvalue weighted by molar-refractivity contribution is 5.69. The molecule has 0 aromatic carbocycles. The van der Waals surface area contributed by atoms with Crippen LogP contribution in [-0.2, 0) is 11.2 Å². The van der Waals surface area contributed by atoms with Crippen LogP contribution in [0.3, 0.4) is 0 Å². The molecule has 0 fully saturated rings. The lowest BCUT2D eigenvalue weighted by molar-refractivity contribution is -0.141. The Labute approximate surface area is 71.1 Å². The molecule has 0 unspecified atom stereocenters. The maximum absolute atomic E-state index is 10.5. The minimum absolute atomic E-state index is 0.339. The summed E-state index contributed by atoms with van der Waals surface area (Å²) in [7, 11) is 0. The summed E-state index contributed by atoms with van der Waals surface area (Å²) in [5.41, 5.74) is 0.965. The van der Waals surface area contributed by atoms with Crippen molar-refractivity contribution in [1.29, 1.82) is 0 Å². The van der Waals surface area contributed by atoms with Crippen LogP contribution in [0, 0.1) is 5.92 Å². The fraction of sp³-hybridized carbons (Fsp3) is 0.333. The van der Waals surface area contributed by atoms with E-state index in [4.69, 9.17) is 5.11 Å². The zero-order chi connectivity index (χ0) is 8.97. The topological polar surface area (TPSA) is 50.2 Å². The maximum atomic E-state index is 10.5. The van der Waals surface area contributed by atoms with E-state index in [9.17, 15) is 4.79 Å². The molecule has 0 bridgehead atoms. The van der Waals surface area contributed by atoms with Crippen molar-refractivity contribution in [2.45, 2.75) is 13.3 Å². The zero-order valence-electron chi connectivity index (χ0n) is 6.90. The number of hydrogen-bond donors (Lipinski definition) is 1. The van der Waals surface area contributed by atoms with Crippen LogP contribution in [0.25, 0.3) is 0 Å². The average Bonchev–Trinajstić information content (AvgIpc) is 2.06. The highest BCUT2D eigenvalue weighted by Gasteiger charge is 2.10. The fourth-order valence-corrected chi connectivity index (χ4v) is 0.960. The lowest BCUT2D eigenvalue weighted by atomic mass is 10.0. The van der Waals surface area contributed by atoms with Gasteiger partial charge in [-0.1, -0.05) is 13.0 Å². The van der Waals surface area contributed by atoms with Crippen LogP contribution in [0.5, 0.6) is 0 Å². The third-order valence-electron chi connectivity index (χ3n) is 1.69. The van der Waals surface area contributed by atoms with Crippen molar-refractivity contribution in [3.05, 3.63) is 30.1 Å². The van der Waals surface area contributed by atoms with Gasteiger partial charge in [-0.2, -0.15) is 0 Å². The monoisotopic (exact) mass is 165 g/mol. The minimum Gasteiger partial charge on any atom is -0.481 e. The van der Waals surface area contributed by atoms with Gasteiger partial charge in [-0.05, 0) is 18.1 Å². The van der Waals surface area contributed by atoms with Crippen LogP contribution >= 0.6 is 0 Å². The zero-order valence-corrected chi connectivity index (χ0v) is 6.90. The van der Waals surface area contributed by atoms with Gasteiger partial charge in [0.1, 0.15) is 0 Å². The number of rotatable bonds is 3. The highest BCUT2D eigenvalue weighted by Crippen LogP contribution is 2.06. The van der Waals surface area contributed by atoms with Crippen molar-refractivity contribution in [2.24, 2.45) is 5.92 Å². The molecule has 3 heteroatoms. The van der Waals surface area contributed by atoms with Gasteiger partial charge in [0.2, 0.25) is 0 Å². The smallest absolute Gasteiger partial charge is 0.306 e. The van der Waals surface area contributed by atoms with E-state index >= 15 is 0 Å². The Morgan fingerprint density at radius 2 is 2.50 bits per heavy atom. The molecule has 0 radical (unpaired) electrons. The van der Waals surface area contributed by atoms with Crippen LogP contribution in [0.15, 0.2) is 24.5 Å². The minimum atomic E-state index is -0.765. The first-order valence-corrected chi connectivity index (χ1v) is 3.82.